The van der Waals surface area contributed by atoms with Gasteiger partial charge in [0, 0.05) is 0 Å². The van der Waals surface area contributed by atoms with Gasteiger partial charge in [0.1, 0.15) is 6.33 Å². The van der Waals surface area contributed by atoms with Crippen LogP contribution in [0.2, 0.25) is 0 Å². The molecule has 2 nitrogen and oxygen atoms in total. The summed E-state index contributed by atoms with van der Waals surface area (Å²) in [6.07, 6.45) is 0.597. The second kappa shape index (κ2) is 3.43. The molecule has 0 rings (SSSR count). The summed E-state index contributed by atoms with van der Waals surface area (Å²) in [6, 6.07) is 0. The molecule has 0 aromatic rings. The predicted molar refractivity (Wildman–Crippen MR) is 14.0 cm³/mol. The van der Waals surface area contributed by atoms with Crippen molar-refractivity contribution in [2.24, 2.45) is 0 Å². The van der Waals surface area contributed by atoms with Crippen molar-refractivity contribution >= 4 is 0 Å². The van der Waals surface area contributed by atoms with Gasteiger partial charge in [0.05, 0.1) is 0 Å². The highest BCUT2D eigenvalue weighted by Crippen LogP contribution is 1.67. The van der Waals surface area contributed by atoms with Crippen LogP contribution >= 0.6 is 0 Å². The summed E-state index contributed by atoms with van der Waals surface area (Å²) in [5.41, 5.74) is 0. The molecule has 0 aromatic heterocycles. The van der Waals surface area contributed by atoms with Crippen molar-refractivity contribution in [3.63, 3.8) is 0 Å². The van der Waals surface area contributed by atoms with E-state index in [1.54, 1.807) is 0 Å². The monoisotopic (exact) mass is 78.0 g/mol. The van der Waals surface area contributed by atoms with Crippen molar-refractivity contribution in [1.82, 2.24) is 0 Å². The van der Waals surface area contributed by atoms with Crippen LogP contribution in [0.15, 0.2) is 12.6 Å². The fourth-order valence-electron chi connectivity index (χ4n) is 0.0230. The van der Waals surface area contributed by atoms with Crippen molar-refractivity contribution < 1.29 is 14.5 Å². The van der Waals surface area contributed by atoms with E-state index in [0.29, 0.717) is 6.26 Å². The highest BCUT2D eigenvalue weighted by molar-refractivity contribution is 4.53. The van der Waals surface area contributed by atoms with Crippen LogP contribution in [-0.2, 0) is 4.89 Å². The van der Waals surface area contributed by atoms with Crippen molar-refractivity contribution in [1.29, 1.82) is 0 Å². The van der Waals surface area contributed by atoms with Crippen LogP contribution in [0.4, 0.5) is 4.39 Å². The van der Waals surface area contributed by atoms with Gasteiger partial charge in [-0.3, -0.25) is 0 Å². The normalized spacial score (nSPS) is 9.20. The van der Waals surface area contributed by atoms with Gasteiger partial charge in [0.15, 0.2) is 6.26 Å². The third-order valence-corrected chi connectivity index (χ3v) is 0.112. The van der Waals surface area contributed by atoms with Gasteiger partial charge in [-0.15, -0.1) is 0 Å². The summed E-state index contributed by atoms with van der Waals surface area (Å²) in [5.74, 6) is 0. The van der Waals surface area contributed by atoms with E-state index in [-0.39, 0.29) is 6.33 Å². The summed E-state index contributed by atoms with van der Waals surface area (Å²) < 4.78 is 10.5. The van der Waals surface area contributed by atoms with E-state index in [4.69, 9.17) is 5.26 Å². The van der Waals surface area contributed by atoms with Crippen molar-refractivity contribution in [3.05, 3.63) is 12.6 Å². The molecular weight excluding hydrogens is 75.0 g/mol. The molecule has 0 heterocycles. The van der Waals surface area contributed by atoms with Crippen molar-refractivity contribution in [3.8, 4) is 0 Å². The minimum atomic E-state index is 0.0833. The quantitative estimate of drug-likeness (QED) is 0.287. The first-order chi connectivity index (χ1) is 2.41. The van der Waals surface area contributed by atoms with Gasteiger partial charge in [-0.25, -0.2) is 9.65 Å². The Kier molecular flexibility index (Phi) is 3.04. The molecule has 0 aliphatic heterocycles. The summed E-state index contributed by atoms with van der Waals surface area (Å²) in [4.78, 5) is 3.14. The summed E-state index contributed by atoms with van der Waals surface area (Å²) >= 11 is 0. The molecule has 5 heavy (non-hydrogen) atoms. The highest BCUT2D eigenvalue weighted by atomic mass is 19.1. The summed E-state index contributed by atoms with van der Waals surface area (Å²) in [6.45, 7) is 0. The Morgan fingerprint density at radius 1 is 1.80 bits per heavy atom. The molecule has 0 radical (unpaired) electrons. The van der Waals surface area contributed by atoms with E-state index in [2.05, 4.69) is 4.89 Å². The minimum Gasteiger partial charge on any atom is -0.346 e. The van der Waals surface area contributed by atoms with Crippen LogP contribution in [0.3, 0.4) is 0 Å². The standard InChI is InChI=1S/C2H3FO2/c3-1-2-5-4/h1-2,4H. The van der Waals surface area contributed by atoms with E-state index < -0.39 is 0 Å². The van der Waals surface area contributed by atoms with Gasteiger partial charge in [-0.05, 0) is 0 Å². The predicted octanol–water partition coefficient (Wildman–Crippen LogP) is 0.917. The zero-order chi connectivity index (χ0) is 4.12. The maximum atomic E-state index is 10.5. The first kappa shape index (κ1) is 4.43. The van der Waals surface area contributed by atoms with E-state index in [9.17, 15) is 4.39 Å². The molecule has 30 valence electrons. The average Bonchev–Trinajstić information content (AvgIpc) is 1.41. The maximum Gasteiger partial charge on any atom is 0.157 e. The zero-order valence-corrected chi connectivity index (χ0v) is 2.39. The molecule has 0 saturated carbocycles. The Morgan fingerprint density at radius 2 is 2.40 bits per heavy atom. The van der Waals surface area contributed by atoms with Crippen LogP contribution in [0, 0.1) is 0 Å². The lowest BCUT2D eigenvalue weighted by molar-refractivity contribution is -0.187. The number of halogens is 1. The van der Waals surface area contributed by atoms with Gasteiger partial charge in [-0.2, -0.15) is 0 Å². The third kappa shape index (κ3) is 3.43. The topological polar surface area (TPSA) is 29.5 Å². The fraction of sp³-hybridized carbons (Fsp3) is 0. The van der Waals surface area contributed by atoms with E-state index in [1.165, 1.54) is 0 Å². The first-order valence-corrected chi connectivity index (χ1v) is 0.970. The van der Waals surface area contributed by atoms with Crippen LogP contribution in [0.5, 0.6) is 0 Å². The molecule has 1 N–H and O–H groups in total. The molecule has 0 aromatic carbocycles. The van der Waals surface area contributed by atoms with E-state index >= 15 is 0 Å². The Morgan fingerprint density at radius 3 is 2.40 bits per heavy atom. The molecule has 0 aliphatic carbocycles. The minimum absolute atomic E-state index is 0.0833. The van der Waals surface area contributed by atoms with Crippen LogP contribution in [-0.4, -0.2) is 5.26 Å². The number of hydrogen-bond acceptors (Lipinski definition) is 2. The van der Waals surface area contributed by atoms with Gasteiger partial charge < -0.3 is 4.89 Å². The van der Waals surface area contributed by atoms with Crippen LogP contribution < -0.4 is 0 Å². The Labute approximate surface area is 28.4 Å². The molecule has 0 amide bonds. The van der Waals surface area contributed by atoms with E-state index in [0.717, 1.165) is 0 Å². The molecule has 0 bridgehead atoms. The molecule has 0 atom stereocenters. The molecule has 0 spiro atoms. The maximum absolute atomic E-state index is 10.5. The van der Waals surface area contributed by atoms with E-state index in [1.807, 2.05) is 0 Å². The zero-order valence-electron chi connectivity index (χ0n) is 2.39. The highest BCUT2D eigenvalue weighted by Gasteiger charge is 1.53. The molecule has 0 fully saturated rings. The van der Waals surface area contributed by atoms with Crippen molar-refractivity contribution in [2.75, 3.05) is 0 Å². The Bertz CT molecular complexity index is 34.6. The second-order valence-electron chi connectivity index (χ2n) is 0.367. The molecule has 0 unspecified atom stereocenters. The molecular formula is C2H3FO2. The van der Waals surface area contributed by atoms with Crippen LogP contribution in [0.25, 0.3) is 0 Å². The lowest BCUT2D eigenvalue weighted by Crippen LogP contribution is -1.59. The SMILES string of the molecule is OOC=CF. The number of rotatable bonds is 1. The molecule has 0 saturated heterocycles. The summed E-state index contributed by atoms with van der Waals surface area (Å²) in [5, 5.41) is 7.24. The third-order valence-electron chi connectivity index (χ3n) is 0.112. The largest absolute Gasteiger partial charge is 0.346 e. The Hall–Kier alpha value is -0.570. The van der Waals surface area contributed by atoms with Gasteiger partial charge in [0.25, 0.3) is 0 Å². The fourth-order valence-corrected chi connectivity index (χ4v) is 0.0230. The van der Waals surface area contributed by atoms with Crippen LogP contribution in [0.1, 0.15) is 0 Å². The molecule has 0 aliphatic rings. The lowest BCUT2D eigenvalue weighted by Gasteiger charge is -1.71. The van der Waals surface area contributed by atoms with Gasteiger partial charge in [0.2, 0.25) is 0 Å². The summed E-state index contributed by atoms with van der Waals surface area (Å²) in [7, 11) is 0. The second-order valence-corrected chi connectivity index (χ2v) is 0.367. The number of hydrogen-bond donors (Lipinski definition) is 1. The lowest BCUT2D eigenvalue weighted by atomic mass is 11.1. The molecule has 3 heteroatoms. The smallest absolute Gasteiger partial charge is 0.157 e. The van der Waals surface area contributed by atoms with Gasteiger partial charge >= 0.3 is 0 Å². The Balaban J connectivity index is 2.62. The first-order valence-electron chi connectivity index (χ1n) is 0.970. The van der Waals surface area contributed by atoms with Crippen molar-refractivity contribution in [2.45, 2.75) is 0 Å². The van der Waals surface area contributed by atoms with Gasteiger partial charge in [-0.1, -0.05) is 0 Å². The average molecular weight is 78.0 g/mol.